The molecule has 0 radical (unpaired) electrons. The average molecular weight is 413 g/mol. The number of carbonyl (C=O) groups excluding carboxylic acids is 2. The third kappa shape index (κ3) is 4.56. The maximum absolute atomic E-state index is 11.8. The highest BCUT2D eigenvalue weighted by Crippen LogP contribution is 2.30. The Morgan fingerprint density at radius 1 is 1.37 bits per heavy atom. The van der Waals surface area contributed by atoms with E-state index in [0.717, 1.165) is 19.3 Å². The molecule has 0 saturated heterocycles. The summed E-state index contributed by atoms with van der Waals surface area (Å²) < 4.78 is 1.62. The van der Waals surface area contributed by atoms with Crippen LogP contribution < -0.4 is 21.3 Å². The highest BCUT2D eigenvalue weighted by atomic mass is 16.2. The van der Waals surface area contributed by atoms with Crippen molar-refractivity contribution in [3.05, 3.63) is 30.7 Å². The Bertz CT molecular complexity index is 942. The molecule has 2 amide bonds. The number of carbonyl (C=O) groups is 2. The van der Waals surface area contributed by atoms with Crippen LogP contribution >= 0.6 is 0 Å². The predicted octanol–water partition coefficient (Wildman–Crippen LogP) is 0.743. The number of amides is 2. The van der Waals surface area contributed by atoms with E-state index in [9.17, 15) is 9.59 Å². The molecule has 30 heavy (non-hydrogen) atoms. The fraction of sp³-hybridized carbons (Fsp3) is 0.474. The van der Waals surface area contributed by atoms with Crippen molar-refractivity contribution >= 4 is 29.3 Å². The second-order valence-electron chi connectivity index (χ2n) is 7.49. The van der Waals surface area contributed by atoms with Crippen molar-refractivity contribution in [2.24, 2.45) is 18.7 Å². The molecule has 4 N–H and O–H groups in total. The Hall–Kier alpha value is -3.50. The van der Waals surface area contributed by atoms with Gasteiger partial charge in [0, 0.05) is 32.4 Å². The van der Waals surface area contributed by atoms with Gasteiger partial charge in [0.15, 0.2) is 11.5 Å². The fourth-order valence-corrected chi connectivity index (χ4v) is 3.82. The summed E-state index contributed by atoms with van der Waals surface area (Å²) >= 11 is 0. The summed E-state index contributed by atoms with van der Waals surface area (Å²) in [5.41, 5.74) is 6.03. The second kappa shape index (κ2) is 8.89. The van der Waals surface area contributed by atoms with Crippen LogP contribution in [0.4, 0.5) is 17.5 Å². The smallest absolute Gasteiger partial charge is 0.273 e. The normalized spacial score (nSPS) is 21.0. The third-order valence-electron chi connectivity index (χ3n) is 5.46. The van der Waals surface area contributed by atoms with Gasteiger partial charge in [0.05, 0.1) is 11.9 Å². The fourth-order valence-electron chi connectivity index (χ4n) is 3.82. The van der Waals surface area contributed by atoms with Crippen LogP contribution in [-0.4, -0.2) is 55.9 Å². The van der Waals surface area contributed by atoms with Crippen LogP contribution in [0.25, 0.3) is 0 Å². The van der Waals surface area contributed by atoms with E-state index in [4.69, 9.17) is 5.73 Å². The summed E-state index contributed by atoms with van der Waals surface area (Å²) in [5.74, 6) is -0.177. The minimum absolute atomic E-state index is 0.0301. The minimum Gasteiger partial charge on any atom is -0.364 e. The molecule has 1 saturated carbocycles. The third-order valence-corrected chi connectivity index (χ3v) is 5.46. The topological polar surface area (TPSA) is 144 Å². The molecule has 1 fully saturated rings. The second-order valence-corrected chi connectivity index (χ2v) is 7.49. The molecule has 3 rings (SSSR count). The number of hydrogen-bond acceptors (Lipinski definition) is 8. The monoisotopic (exact) mass is 413 g/mol. The quantitative estimate of drug-likeness (QED) is 0.564. The number of anilines is 3. The van der Waals surface area contributed by atoms with Gasteiger partial charge in [0.1, 0.15) is 0 Å². The first-order valence-corrected chi connectivity index (χ1v) is 9.76. The molecule has 11 heteroatoms. The summed E-state index contributed by atoms with van der Waals surface area (Å²) in [6, 6.07) is 0.115. The maximum Gasteiger partial charge on any atom is 0.273 e. The number of nitrogens with two attached hydrogens (primary N) is 1. The van der Waals surface area contributed by atoms with Crippen LogP contribution in [0.5, 0.6) is 0 Å². The van der Waals surface area contributed by atoms with Crippen molar-refractivity contribution in [2.45, 2.75) is 38.3 Å². The summed E-state index contributed by atoms with van der Waals surface area (Å²) in [6.45, 7) is 5.61. The lowest BCUT2D eigenvalue weighted by molar-refractivity contribution is -0.117. The first kappa shape index (κ1) is 21.2. The molecule has 11 nitrogen and oxygen atoms in total. The van der Waals surface area contributed by atoms with E-state index >= 15 is 0 Å². The number of primary amides is 1. The van der Waals surface area contributed by atoms with E-state index in [0.29, 0.717) is 11.6 Å². The number of hydrogen-bond donors (Lipinski definition) is 3. The van der Waals surface area contributed by atoms with E-state index in [1.807, 2.05) is 11.9 Å². The summed E-state index contributed by atoms with van der Waals surface area (Å²) in [6.07, 6.45) is 7.41. The van der Waals surface area contributed by atoms with Gasteiger partial charge < -0.3 is 21.3 Å². The van der Waals surface area contributed by atoms with E-state index < -0.39 is 5.91 Å². The molecule has 2 aromatic rings. The molecule has 1 aliphatic rings. The van der Waals surface area contributed by atoms with Crippen molar-refractivity contribution in [2.75, 3.05) is 17.3 Å². The molecule has 3 atom stereocenters. The van der Waals surface area contributed by atoms with Crippen LogP contribution in [0.2, 0.25) is 0 Å². The van der Waals surface area contributed by atoms with Gasteiger partial charge in [0.25, 0.3) is 5.91 Å². The van der Waals surface area contributed by atoms with Gasteiger partial charge in [-0.25, -0.2) is 0 Å². The molecule has 2 aromatic heterocycles. The Morgan fingerprint density at radius 3 is 2.77 bits per heavy atom. The van der Waals surface area contributed by atoms with Crippen LogP contribution in [0.15, 0.2) is 25.0 Å². The number of rotatable bonds is 7. The molecular weight excluding hydrogens is 386 g/mol. The van der Waals surface area contributed by atoms with Gasteiger partial charge in [-0.05, 0) is 31.3 Å². The van der Waals surface area contributed by atoms with Gasteiger partial charge >= 0.3 is 0 Å². The van der Waals surface area contributed by atoms with E-state index in [-0.39, 0.29) is 35.4 Å². The van der Waals surface area contributed by atoms with E-state index in [2.05, 4.69) is 44.4 Å². The van der Waals surface area contributed by atoms with Gasteiger partial charge in [-0.15, -0.1) is 10.2 Å². The average Bonchev–Trinajstić information content (AvgIpc) is 3.13. The van der Waals surface area contributed by atoms with E-state index in [1.165, 1.54) is 6.08 Å². The molecule has 1 unspecified atom stereocenters. The molecule has 0 aliphatic heterocycles. The number of nitrogens with zero attached hydrogens (tertiary/aromatic N) is 6. The van der Waals surface area contributed by atoms with Crippen LogP contribution in [0.1, 0.15) is 36.7 Å². The zero-order valence-corrected chi connectivity index (χ0v) is 17.4. The van der Waals surface area contributed by atoms with Crippen molar-refractivity contribution in [3.8, 4) is 0 Å². The van der Waals surface area contributed by atoms with Gasteiger partial charge in [-0.2, -0.15) is 10.1 Å². The van der Waals surface area contributed by atoms with E-state index in [1.54, 1.807) is 24.1 Å². The number of nitrogens with one attached hydrogen (secondary N) is 2. The SMILES string of the molecule is C=CC(=O)NC1CCC[C@@H](N(C)c2nnc(C(N)=O)c(Nc3cnn(C)c3)n2)[C@H]1C. The van der Waals surface area contributed by atoms with Gasteiger partial charge in [-0.3, -0.25) is 14.3 Å². The summed E-state index contributed by atoms with van der Waals surface area (Å²) in [4.78, 5) is 30.0. The Balaban J connectivity index is 1.85. The van der Waals surface area contributed by atoms with Crippen LogP contribution in [0.3, 0.4) is 0 Å². The molecule has 1 aliphatic carbocycles. The Labute approximate surface area is 174 Å². The lowest BCUT2D eigenvalue weighted by atomic mass is 9.81. The van der Waals surface area contributed by atoms with Gasteiger partial charge in [-0.1, -0.05) is 13.5 Å². The molecule has 160 valence electrons. The van der Waals surface area contributed by atoms with Crippen LogP contribution in [0, 0.1) is 5.92 Å². The minimum atomic E-state index is -0.728. The molecule has 0 bridgehead atoms. The maximum atomic E-state index is 11.8. The largest absolute Gasteiger partial charge is 0.364 e. The zero-order chi connectivity index (χ0) is 21.8. The number of aryl methyl sites for hydroxylation is 1. The number of aromatic nitrogens is 5. The van der Waals surface area contributed by atoms with Gasteiger partial charge in [0.2, 0.25) is 11.9 Å². The first-order chi connectivity index (χ1) is 14.3. The molecule has 0 spiro atoms. The molecular formula is C19H27N9O2. The van der Waals surface area contributed by atoms with Crippen molar-refractivity contribution < 1.29 is 9.59 Å². The molecule has 0 aromatic carbocycles. The molecule has 2 heterocycles. The summed E-state index contributed by atoms with van der Waals surface area (Å²) in [5, 5.41) is 18.2. The van der Waals surface area contributed by atoms with Crippen molar-refractivity contribution in [1.82, 2.24) is 30.3 Å². The highest BCUT2D eigenvalue weighted by Gasteiger charge is 2.34. The zero-order valence-electron chi connectivity index (χ0n) is 17.4. The van der Waals surface area contributed by atoms with Crippen molar-refractivity contribution in [1.29, 1.82) is 0 Å². The lowest BCUT2D eigenvalue weighted by Crippen LogP contribution is -2.51. The highest BCUT2D eigenvalue weighted by molar-refractivity contribution is 5.96. The van der Waals surface area contributed by atoms with Crippen LogP contribution in [-0.2, 0) is 11.8 Å². The van der Waals surface area contributed by atoms with Crippen molar-refractivity contribution in [3.63, 3.8) is 0 Å². The Morgan fingerprint density at radius 2 is 2.13 bits per heavy atom. The standard InChI is InChI=1S/C19H27N9O2/c1-5-15(29)23-13-7-6-8-14(11(13)2)28(4)19-24-18(16(17(20)30)25-26-19)22-12-9-21-27(3)10-12/h5,9-11,13-14H,1,6-8H2,2-4H3,(H2,20,30)(H,23,29)(H,22,24,26)/t11-,13?,14+/m0/s1. The predicted molar refractivity (Wildman–Crippen MR) is 112 cm³/mol. The summed E-state index contributed by atoms with van der Waals surface area (Å²) in [7, 11) is 3.66. The first-order valence-electron chi connectivity index (χ1n) is 9.76. The lowest BCUT2D eigenvalue weighted by Gasteiger charge is -2.41. The Kier molecular flexibility index (Phi) is 6.28.